The summed E-state index contributed by atoms with van der Waals surface area (Å²) in [5, 5.41) is 9.11. The number of ether oxygens (including phenoxy) is 2. The molecule has 4 rings (SSSR count). The van der Waals surface area contributed by atoms with Crippen molar-refractivity contribution in [3.63, 3.8) is 0 Å². The van der Waals surface area contributed by atoms with Crippen molar-refractivity contribution < 1.29 is 14.3 Å². The number of nitrogens with zero attached hydrogens (tertiary/aromatic N) is 3. The van der Waals surface area contributed by atoms with E-state index in [0.717, 1.165) is 21.3 Å². The fourth-order valence-corrected chi connectivity index (χ4v) is 4.35. The van der Waals surface area contributed by atoms with E-state index in [9.17, 15) is 4.79 Å². The van der Waals surface area contributed by atoms with Crippen molar-refractivity contribution in [3.8, 4) is 22.8 Å². The Bertz CT molecular complexity index is 1230. The number of thiazole rings is 1. The van der Waals surface area contributed by atoms with Gasteiger partial charge in [0.25, 0.3) is 11.9 Å². The molecule has 0 fully saturated rings. The van der Waals surface area contributed by atoms with E-state index in [1.165, 1.54) is 17.4 Å². The molecule has 0 aliphatic rings. The predicted octanol–water partition coefficient (Wildman–Crippen LogP) is 4.89. The Morgan fingerprint density at radius 1 is 1.20 bits per heavy atom. The van der Waals surface area contributed by atoms with Gasteiger partial charge in [-0.05, 0) is 39.7 Å². The lowest BCUT2D eigenvalue weighted by Gasteiger charge is -2.10. The van der Waals surface area contributed by atoms with Gasteiger partial charge >= 0.3 is 0 Å². The van der Waals surface area contributed by atoms with Gasteiger partial charge in [-0.1, -0.05) is 30.3 Å². The summed E-state index contributed by atoms with van der Waals surface area (Å²) in [6.07, 6.45) is 3.09. The zero-order valence-corrected chi connectivity index (χ0v) is 18.5. The van der Waals surface area contributed by atoms with Gasteiger partial charge < -0.3 is 9.47 Å². The van der Waals surface area contributed by atoms with Gasteiger partial charge in [-0.15, -0.1) is 16.4 Å². The minimum absolute atomic E-state index is 0.252. The number of halogens is 1. The van der Waals surface area contributed by atoms with E-state index in [4.69, 9.17) is 9.47 Å². The fourth-order valence-electron chi connectivity index (χ4n) is 2.90. The van der Waals surface area contributed by atoms with Crippen LogP contribution in [-0.2, 0) is 4.79 Å². The molecule has 1 amide bonds. The normalized spacial score (nSPS) is 11.2. The minimum Gasteiger partial charge on any atom is -0.493 e. The Balaban J connectivity index is 1.51. The lowest BCUT2D eigenvalue weighted by molar-refractivity contribution is -0.111. The second-order valence-electron chi connectivity index (χ2n) is 6.18. The molecule has 2 aromatic heterocycles. The molecule has 30 heavy (non-hydrogen) atoms. The maximum Gasteiger partial charge on any atom is 0.250 e. The predicted molar refractivity (Wildman–Crippen MR) is 121 cm³/mol. The third-order valence-corrected chi connectivity index (χ3v) is 5.67. The van der Waals surface area contributed by atoms with Crippen molar-refractivity contribution in [2.24, 2.45) is 0 Å². The van der Waals surface area contributed by atoms with Crippen LogP contribution in [0.1, 0.15) is 5.56 Å². The first-order valence-corrected chi connectivity index (χ1v) is 10.6. The number of hydrogen-bond donors (Lipinski definition) is 1. The van der Waals surface area contributed by atoms with Gasteiger partial charge in [-0.25, -0.2) is 4.52 Å². The van der Waals surface area contributed by atoms with Crippen LogP contribution in [0.2, 0.25) is 0 Å². The average Bonchev–Trinajstić information content (AvgIpc) is 3.32. The van der Waals surface area contributed by atoms with Crippen molar-refractivity contribution >= 4 is 50.2 Å². The highest BCUT2D eigenvalue weighted by Gasteiger charge is 2.13. The summed E-state index contributed by atoms with van der Waals surface area (Å²) < 4.78 is 13.1. The van der Waals surface area contributed by atoms with E-state index in [2.05, 4.69) is 31.3 Å². The maximum absolute atomic E-state index is 12.4. The van der Waals surface area contributed by atoms with Crippen LogP contribution in [0.5, 0.6) is 11.5 Å². The molecule has 2 aromatic carbocycles. The number of amides is 1. The number of carbonyl (C=O) groups excluding carboxylic acids is 1. The molecule has 0 radical (unpaired) electrons. The second-order valence-corrected chi connectivity index (χ2v) is 7.87. The Hall–Kier alpha value is -3.17. The van der Waals surface area contributed by atoms with E-state index in [0.29, 0.717) is 16.5 Å². The first-order valence-electron chi connectivity index (χ1n) is 8.89. The summed E-state index contributed by atoms with van der Waals surface area (Å²) in [5.74, 6) is 1.08. The zero-order chi connectivity index (χ0) is 21.1. The van der Waals surface area contributed by atoms with Crippen molar-refractivity contribution in [2.45, 2.75) is 0 Å². The molecular weight excluding hydrogens is 468 g/mol. The number of nitrogens with one attached hydrogen (secondary N) is 1. The van der Waals surface area contributed by atoms with Crippen molar-refractivity contribution in [2.75, 3.05) is 19.5 Å². The summed E-state index contributed by atoms with van der Waals surface area (Å²) in [6, 6.07) is 13.5. The molecule has 0 aliphatic carbocycles. The van der Waals surface area contributed by atoms with Crippen molar-refractivity contribution in [1.29, 1.82) is 0 Å². The lowest BCUT2D eigenvalue weighted by atomic mass is 10.2. The van der Waals surface area contributed by atoms with Gasteiger partial charge in [-0.2, -0.15) is 4.98 Å². The average molecular weight is 485 g/mol. The quantitative estimate of drug-likeness (QED) is 0.394. The molecule has 7 nitrogen and oxygen atoms in total. The molecule has 152 valence electrons. The van der Waals surface area contributed by atoms with Crippen molar-refractivity contribution in [1.82, 2.24) is 14.6 Å². The second kappa shape index (κ2) is 8.68. The number of aromatic nitrogens is 3. The Morgan fingerprint density at radius 3 is 2.73 bits per heavy atom. The van der Waals surface area contributed by atoms with Gasteiger partial charge in [-0.3, -0.25) is 10.1 Å². The molecular formula is C21H17BrN4O3S. The van der Waals surface area contributed by atoms with E-state index in [1.54, 1.807) is 30.9 Å². The SMILES string of the molecule is COc1cc(/C=C/C(=O)Nc2nc3scc(-c4ccccc4)n3n2)cc(Br)c1OC. The summed E-state index contributed by atoms with van der Waals surface area (Å²) in [5.41, 5.74) is 2.74. The van der Waals surface area contributed by atoms with E-state index >= 15 is 0 Å². The minimum atomic E-state index is -0.333. The molecule has 4 aromatic rings. The maximum atomic E-state index is 12.4. The molecule has 0 aliphatic heterocycles. The molecule has 0 unspecified atom stereocenters. The van der Waals surface area contributed by atoms with Crippen LogP contribution in [0.15, 0.2) is 58.4 Å². The van der Waals surface area contributed by atoms with Crippen LogP contribution in [-0.4, -0.2) is 34.7 Å². The summed E-state index contributed by atoms with van der Waals surface area (Å²) in [4.78, 5) is 17.4. The first kappa shape index (κ1) is 20.1. The summed E-state index contributed by atoms with van der Waals surface area (Å²) >= 11 is 4.91. The molecule has 0 saturated heterocycles. The number of carbonyl (C=O) groups is 1. The molecule has 9 heteroatoms. The first-order chi connectivity index (χ1) is 14.6. The number of anilines is 1. The Morgan fingerprint density at radius 2 is 2.00 bits per heavy atom. The van der Waals surface area contributed by atoms with Gasteiger partial charge in [0.15, 0.2) is 11.5 Å². The Kier molecular flexibility index (Phi) is 5.82. The highest BCUT2D eigenvalue weighted by molar-refractivity contribution is 9.10. The largest absolute Gasteiger partial charge is 0.493 e. The van der Waals surface area contributed by atoms with Crippen molar-refractivity contribution in [3.05, 3.63) is 64.0 Å². The van der Waals surface area contributed by atoms with Crippen LogP contribution in [0.25, 0.3) is 22.3 Å². The van der Waals surface area contributed by atoms with E-state index < -0.39 is 0 Å². The van der Waals surface area contributed by atoms with Crippen LogP contribution < -0.4 is 14.8 Å². The number of benzene rings is 2. The van der Waals surface area contributed by atoms with Crippen LogP contribution in [0.3, 0.4) is 0 Å². The third-order valence-electron chi connectivity index (χ3n) is 4.27. The van der Waals surface area contributed by atoms with Gasteiger partial charge in [0.2, 0.25) is 4.96 Å². The monoisotopic (exact) mass is 484 g/mol. The number of methoxy groups -OCH3 is 2. The fraction of sp³-hybridized carbons (Fsp3) is 0.0952. The zero-order valence-electron chi connectivity index (χ0n) is 16.1. The summed E-state index contributed by atoms with van der Waals surface area (Å²) in [7, 11) is 3.13. The number of fused-ring (bicyclic) bond motifs is 1. The van der Waals surface area contributed by atoms with Crippen LogP contribution in [0.4, 0.5) is 5.95 Å². The smallest absolute Gasteiger partial charge is 0.250 e. The topological polar surface area (TPSA) is 77.8 Å². The molecule has 0 saturated carbocycles. The molecule has 0 spiro atoms. The molecule has 2 heterocycles. The van der Waals surface area contributed by atoms with Gasteiger partial charge in [0.1, 0.15) is 0 Å². The standard InChI is InChI=1S/C21H17BrN4O3S/c1-28-17-11-13(10-15(22)19(17)29-2)8-9-18(27)23-20-24-21-26(25-20)16(12-30-21)14-6-4-3-5-7-14/h3-12H,1-2H3,(H,23,25,27)/b9-8+. The third kappa shape index (κ3) is 4.07. The van der Waals surface area contributed by atoms with Gasteiger partial charge in [0, 0.05) is 17.0 Å². The number of hydrogen-bond acceptors (Lipinski definition) is 6. The van der Waals surface area contributed by atoms with Crippen LogP contribution in [0, 0.1) is 0 Å². The molecule has 0 bridgehead atoms. The van der Waals surface area contributed by atoms with E-state index in [-0.39, 0.29) is 11.9 Å². The lowest BCUT2D eigenvalue weighted by Crippen LogP contribution is -2.09. The van der Waals surface area contributed by atoms with Gasteiger partial charge in [0.05, 0.1) is 24.4 Å². The summed E-state index contributed by atoms with van der Waals surface area (Å²) in [6.45, 7) is 0. The Labute approximate surface area is 185 Å². The number of rotatable bonds is 6. The highest BCUT2D eigenvalue weighted by Crippen LogP contribution is 2.36. The molecule has 0 atom stereocenters. The molecule has 1 N–H and O–H groups in total. The van der Waals surface area contributed by atoms with Crippen LogP contribution >= 0.6 is 27.3 Å². The highest BCUT2D eigenvalue weighted by atomic mass is 79.9. The van der Waals surface area contributed by atoms with E-state index in [1.807, 2.05) is 41.8 Å².